The number of aryl methyl sites for hydroxylation is 10. The van der Waals surface area contributed by atoms with Gasteiger partial charge in [0, 0.05) is 171 Å². The van der Waals surface area contributed by atoms with Crippen LogP contribution in [0, 0.1) is 92.9 Å². The minimum atomic E-state index is -1.05. The van der Waals surface area contributed by atoms with Gasteiger partial charge in [0.15, 0.2) is 0 Å². The van der Waals surface area contributed by atoms with Gasteiger partial charge in [0.05, 0.1) is 55.2 Å². The first-order chi connectivity index (χ1) is 65.9. The zero-order chi connectivity index (χ0) is 102. The quantitative estimate of drug-likeness (QED) is 0.0243. The third kappa shape index (κ3) is 31.5. The Kier molecular flexibility index (Phi) is 41.5. The Hall–Kier alpha value is -14.0. The number of hydrogen-bond donors (Lipinski definition) is 5. The van der Waals surface area contributed by atoms with Crippen LogP contribution in [0.2, 0.25) is 0 Å². The molecule has 11 aromatic rings. The maximum absolute atomic E-state index is 13.6. The molecule has 0 saturated carbocycles. The largest absolute Gasteiger partial charge is 0.481 e. The molecular weight excluding hydrogens is 1770 g/mol. The van der Waals surface area contributed by atoms with Crippen molar-refractivity contribution in [2.75, 3.05) is 24.7 Å². The highest BCUT2D eigenvalue weighted by molar-refractivity contribution is 5.86. The number of carboxylic acids is 1. The molecule has 1 aromatic carbocycles. The smallest absolute Gasteiger partial charge is 0.305 e. The van der Waals surface area contributed by atoms with Gasteiger partial charge in [-0.25, -0.2) is 0 Å². The molecule has 140 heavy (non-hydrogen) atoms. The van der Waals surface area contributed by atoms with Crippen molar-refractivity contribution < 1.29 is 48.2 Å². The summed E-state index contributed by atoms with van der Waals surface area (Å²) in [5.41, 5.74) is 18.1. The monoisotopic (exact) mass is 1910 g/mol. The number of amides is 4. The number of carbonyl (C=O) groups is 8. The maximum atomic E-state index is 13.6. The van der Waals surface area contributed by atoms with Crippen LogP contribution in [-0.2, 0) is 43.1 Å². The van der Waals surface area contributed by atoms with Crippen molar-refractivity contribution in [1.29, 1.82) is 0 Å². The van der Waals surface area contributed by atoms with E-state index in [9.17, 15) is 62.6 Å². The van der Waals surface area contributed by atoms with Gasteiger partial charge < -0.3 is 54.3 Å². The lowest BCUT2D eigenvalue weighted by molar-refractivity contribution is -0.138. The maximum Gasteiger partial charge on any atom is 0.305 e. The van der Waals surface area contributed by atoms with E-state index >= 15 is 0 Å². The number of aliphatic carboxylic acids is 1. The number of nitrogens with zero attached hydrogens (tertiary/aromatic N) is 11. The van der Waals surface area contributed by atoms with Crippen molar-refractivity contribution in [2.24, 2.45) is 23.7 Å². The minimum Gasteiger partial charge on any atom is -0.481 e. The number of carbonyl (C=O) groups excluding carboxylic acids is 7. The van der Waals surface area contributed by atoms with Crippen molar-refractivity contribution >= 4 is 52.6 Å². The topological polar surface area (TPSA) is 383 Å². The Morgan fingerprint density at radius 2 is 0.736 bits per heavy atom. The molecule has 12 rings (SSSR count). The van der Waals surface area contributed by atoms with Crippen LogP contribution in [0.5, 0.6) is 0 Å². The van der Waals surface area contributed by atoms with Gasteiger partial charge in [-0.2, -0.15) is 0 Å². The fourth-order valence-electron chi connectivity index (χ4n) is 17.5. The molecule has 9 atom stereocenters. The van der Waals surface area contributed by atoms with Gasteiger partial charge in [-0.05, 0) is 279 Å². The number of ketones is 3. The standard InChI is InChI=1S/C28H34N4O3.C28H33N3O3.C27H38N4O4.C27H32N4O4.CH4/c1-17(2)9-25(32-8-7-18(3)10-26(32)34)28(35)31-24(11-21(6)33)22-12-23(16-30-15-22)27-19(4)13-29-14-20(27)5;1-18(2)13-25(31-12-7-6-11-26(31)33)28(34)30-24(14-21(5)32)22-15-23(17-29-16-22)27-19(3)9-8-10-20(27)4;1-17(2)11-25(31-8-7-18(3)12-26(31)33)27(34)29-23(13-20(5)32)22-14-24(21(6)28-15-22)30-9-10-35-16-19(30)4;1-16(2)10-23(31-9-7-17(3)11-24(31)32)27(35)30-22(13-25(33)34)20-12-21(15-28-14-20)26-18(4)6-8-29-19(26)5;/h7-8,10,12-17,24-25H,9,11H2,1-6H3,(H,31,35);6-12,15-18,24-25H,13-14H2,1-5H3,(H,30,34);7-8,12,14-15,17,19,23,25H,9-11,13,16H2,1-6H3,(H,29,34);6-9,11-12,14-16,22-23H,10,13H2,1-5H3,(H,30,35)(H,33,34);1H4/t2*24-,25+;19-,23+,25-;22-,23?;/m0101./s1. The Morgan fingerprint density at radius 3 is 1.09 bits per heavy atom. The summed E-state index contributed by atoms with van der Waals surface area (Å²) >= 11 is 0. The highest BCUT2D eigenvalue weighted by atomic mass is 16.5. The molecule has 1 aliphatic rings. The van der Waals surface area contributed by atoms with Crippen molar-refractivity contribution in [1.82, 2.24) is 69.4 Å². The average molecular weight is 1910 g/mol. The molecule has 1 saturated heterocycles. The molecule has 744 valence electrons. The van der Waals surface area contributed by atoms with Gasteiger partial charge in [0.1, 0.15) is 41.5 Å². The van der Waals surface area contributed by atoms with E-state index in [1.807, 2.05) is 159 Å². The molecular formula is C111H141N15O14. The van der Waals surface area contributed by atoms with Crippen LogP contribution in [0.3, 0.4) is 0 Å². The van der Waals surface area contributed by atoms with E-state index in [4.69, 9.17) is 4.74 Å². The first-order valence-electron chi connectivity index (χ1n) is 47.6. The summed E-state index contributed by atoms with van der Waals surface area (Å²) in [4.78, 5) is 181. The van der Waals surface area contributed by atoms with Crippen molar-refractivity contribution in [2.45, 2.75) is 265 Å². The van der Waals surface area contributed by atoms with Gasteiger partial charge in [0.25, 0.3) is 22.2 Å². The van der Waals surface area contributed by atoms with E-state index in [-0.39, 0.29) is 120 Å². The molecule has 0 spiro atoms. The number of benzene rings is 1. The van der Waals surface area contributed by atoms with Crippen LogP contribution in [0.4, 0.5) is 5.69 Å². The number of Topliss-reactive ketones (excluding diaryl/α,β-unsaturated/α-hetero) is 3. The molecule has 1 aliphatic heterocycles. The van der Waals surface area contributed by atoms with E-state index in [0.717, 1.165) is 118 Å². The molecule has 29 nitrogen and oxygen atoms in total. The third-order valence-electron chi connectivity index (χ3n) is 24.3. The molecule has 0 bridgehead atoms. The van der Waals surface area contributed by atoms with Gasteiger partial charge >= 0.3 is 5.97 Å². The molecule has 4 amide bonds. The Morgan fingerprint density at radius 1 is 0.386 bits per heavy atom. The molecule has 11 heterocycles. The summed E-state index contributed by atoms with van der Waals surface area (Å²) in [6.07, 6.45) is 25.9. The summed E-state index contributed by atoms with van der Waals surface area (Å²) in [7, 11) is 0. The number of pyridine rings is 10. The Labute approximate surface area is 822 Å². The molecule has 29 heteroatoms. The highest BCUT2D eigenvalue weighted by Crippen LogP contribution is 2.36. The predicted octanol–water partition coefficient (Wildman–Crippen LogP) is 17.9. The Bertz CT molecular complexity index is 6170. The van der Waals surface area contributed by atoms with Gasteiger partial charge in [-0.3, -0.25) is 87.4 Å². The highest BCUT2D eigenvalue weighted by Gasteiger charge is 2.34. The number of rotatable bonds is 36. The number of ether oxygens (including phenoxy) is 1. The first-order valence-corrected chi connectivity index (χ1v) is 47.6. The number of anilines is 1. The number of nitrogens with one attached hydrogen (secondary N) is 4. The zero-order valence-corrected chi connectivity index (χ0v) is 84.4. The zero-order valence-electron chi connectivity index (χ0n) is 84.4. The second-order valence-corrected chi connectivity index (χ2v) is 38.5. The van der Waals surface area contributed by atoms with Crippen molar-refractivity contribution in [3.05, 3.63) is 309 Å². The van der Waals surface area contributed by atoms with Crippen LogP contribution < -0.4 is 48.4 Å². The number of hydrogen-bond acceptors (Lipinski definition) is 20. The SMILES string of the molecule is C.CC(=O)C[C@@H](NC(=O)[C@H](CC(C)C)n1ccc(C)cc1=O)c1cnc(C)c(N2CCOC[C@@H]2C)c1.CC(=O)C[C@@H](NC(=O)[C@H](CC(C)C)n1ccccc1=O)c1cncc(-c2c(C)cccc2C)c1.CC(=O)C[C@H](NC(=O)[C@@H](CC(C)C)n1ccc(C)cc1=O)c1cncc(-c2c(C)cncc2C)c1.Cc1ccn(C(CC(C)C)C(=O)N[C@H](CC(=O)O)c2cncc(-c3c(C)ccnc3C)c2)c(=O)c1. The molecule has 0 aliphatic carbocycles. The summed E-state index contributed by atoms with van der Waals surface area (Å²) in [5.74, 6) is -1.73. The van der Waals surface area contributed by atoms with Crippen molar-refractivity contribution in [3.8, 4) is 33.4 Å². The summed E-state index contributed by atoms with van der Waals surface area (Å²) in [6.45, 7) is 44.2. The lowest BCUT2D eigenvalue weighted by Crippen LogP contribution is -2.44. The van der Waals surface area contributed by atoms with Gasteiger partial charge in [-0.15, -0.1) is 0 Å². The van der Waals surface area contributed by atoms with E-state index in [1.165, 1.54) is 63.3 Å². The summed E-state index contributed by atoms with van der Waals surface area (Å²) in [6, 6.07) is 25.6. The van der Waals surface area contributed by atoms with Crippen LogP contribution >= 0.6 is 0 Å². The second kappa shape index (κ2) is 52.2. The lowest BCUT2D eigenvalue weighted by Gasteiger charge is -2.36. The van der Waals surface area contributed by atoms with Crippen LogP contribution in [0.1, 0.15) is 268 Å². The van der Waals surface area contributed by atoms with Crippen LogP contribution in [0.25, 0.3) is 33.4 Å². The van der Waals surface area contributed by atoms with Gasteiger partial charge in [-0.1, -0.05) is 87.1 Å². The number of morpholine rings is 1. The fraction of sp³-hybridized carbons (Fsp3) is 0.423. The molecule has 10 aromatic heterocycles. The third-order valence-corrected chi connectivity index (χ3v) is 24.3. The molecule has 1 unspecified atom stereocenters. The van der Waals surface area contributed by atoms with E-state index in [1.54, 1.807) is 105 Å². The fourth-order valence-corrected chi connectivity index (χ4v) is 17.5. The predicted molar refractivity (Wildman–Crippen MR) is 549 cm³/mol. The first kappa shape index (κ1) is 111. The second-order valence-electron chi connectivity index (χ2n) is 38.5. The van der Waals surface area contributed by atoms with E-state index in [0.29, 0.717) is 44.5 Å². The molecule has 5 N–H and O–H groups in total. The molecule has 1 fully saturated rings. The van der Waals surface area contributed by atoms with Crippen LogP contribution in [-0.4, -0.2) is 126 Å². The average Bonchev–Trinajstić information content (AvgIpc) is 0.811. The number of aromatic nitrogens is 10. The van der Waals surface area contributed by atoms with Crippen LogP contribution in [0.15, 0.2) is 209 Å². The lowest BCUT2D eigenvalue weighted by atomic mass is 9.94. The van der Waals surface area contributed by atoms with E-state index < -0.39 is 60.2 Å². The summed E-state index contributed by atoms with van der Waals surface area (Å²) < 4.78 is 11.4. The van der Waals surface area contributed by atoms with Gasteiger partial charge in [0.2, 0.25) is 23.6 Å². The van der Waals surface area contributed by atoms with E-state index in [2.05, 4.69) is 89.0 Å². The number of carboxylic acid groups (broad SMARTS) is 1. The minimum absolute atomic E-state index is 0. The molecule has 0 radical (unpaired) electrons. The normalized spacial score (nSPS) is 14.0. The summed E-state index contributed by atoms with van der Waals surface area (Å²) in [5, 5.41) is 21.6. The van der Waals surface area contributed by atoms with Crippen molar-refractivity contribution in [3.63, 3.8) is 0 Å². The Balaban J connectivity index is 0.000000228.